The molecule has 0 bridgehead atoms. The van der Waals surface area contributed by atoms with Crippen molar-refractivity contribution in [1.82, 2.24) is 0 Å². The molecule has 1 heterocycles. The van der Waals surface area contributed by atoms with E-state index in [1.807, 2.05) is 0 Å². The summed E-state index contributed by atoms with van der Waals surface area (Å²) >= 11 is 0. The Kier molecular flexibility index (Phi) is 8.83. The van der Waals surface area contributed by atoms with Gasteiger partial charge in [0, 0.05) is 0 Å². The fourth-order valence-corrected chi connectivity index (χ4v) is 4.74. The Morgan fingerprint density at radius 1 is 1.19 bits per heavy atom. The molecular weight excluding hydrogens is 328 g/mol. The highest BCUT2D eigenvalue weighted by atomic mass is 16.5. The zero-order valence-electron chi connectivity index (χ0n) is 18.1. The highest BCUT2D eigenvalue weighted by Gasteiger charge is 2.40. The first kappa shape index (κ1) is 22.0. The zero-order valence-corrected chi connectivity index (χ0v) is 18.1. The fourth-order valence-electron chi connectivity index (χ4n) is 4.74. The summed E-state index contributed by atoms with van der Waals surface area (Å²) in [6, 6.07) is 10.9. The molecule has 3 atom stereocenters. The molecule has 0 saturated carbocycles. The smallest absolute Gasteiger partial charge is 0.0835 e. The van der Waals surface area contributed by atoms with Crippen LogP contribution >= 0.6 is 0 Å². The van der Waals surface area contributed by atoms with Crippen molar-refractivity contribution in [2.75, 3.05) is 0 Å². The minimum Gasteiger partial charge on any atom is -0.367 e. The Labute approximate surface area is 167 Å². The van der Waals surface area contributed by atoms with Crippen LogP contribution in [0.3, 0.4) is 0 Å². The largest absolute Gasteiger partial charge is 0.367 e. The van der Waals surface area contributed by atoms with Gasteiger partial charge in [0.2, 0.25) is 0 Å². The molecule has 1 aliphatic rings. The SMILES string of the molecule is C=C(CCCC1(CCC)CC(CCC)CC(c2ccccc2)O1)/C(C)=C/C. The van der Waals surface area contributed by atoms with Gasteiger partial charge in [-0.1, -0.05) is 87.2 Å². The number of rotatable bonds is 10. The highest BCUT2D eigenvalue weighted by Crippen LogP contribution is 2.46. The molecule has 0 amide bonds. The number of ether oxygens (including phenoxy) is 1. The van der Waals surface area contributed by atoms with E-state index in [9.17, 15) is 0 Å². The van der Waals surface area contributed by atoms with Gasteiger partial charge in [-0.25, -0.2) is 0 Å². The third-order valence-electron chi connectivity index (χ3n) is 6.28. The molecule has 0 aliphatic carbocycles. The monoisotopic (exact) mass is 368 g/mol. The van der Waals surface area contributed by atoms with Gasteiger partial charge in [-0.2, -0.15) is 0 Å². The third kappa shape index (κ3) is 6.35. The van der Waals surface area contributed by atoms with Crippen molar-refractivity contribution in [3.05, 3.63) is 59.7 Å². The summed E-state index contributed by atoms with van der Waals surface area (Å²) in [4.78, 5) is 0. The fraction of sp³-hybridized carbons (Fsp3) is 0.615. The average Bonchev–Trinajstić information content (AvgIpc) is 2.68. The van der Waals surface area contributed by atoms with Gasteiger partial charge in [-0.05, 0) is 63.9 Å². The number of allylic oxidation sites excluding steroid dienone is 3. The van der Waals surface area contributed by atoms with Crippen LogP contribution in [0.4, 0.5) is 0 Å². The standard InChI is InChI=1S/C26H40O/c1-6-13-23-19-25(24-15-10-9-11-16-24)27-26(20-23,17-7-2)18-12-14-22(5)21(4)8-3/h8-11,15-16,23,25H,5-7,12-14,17-20H2,1-4H3/b21-8+. The van der Waals surface area contributed by atoms with E-state index in [1.54, 1.807) is 0 Å². The molecule has 3 unspecified atom stereocenters. The van der Waals surface area contributed by atoms with E-state index in [4.69, 9.17) is 4.74 Å². The van der Waals surface area contributed by atoms with E-state index in [0.29, 0.717) is 0 Å². The summed E-state index contributed by atoms with van der Waals surface area (Å²) in [7, 11) is 0. The lowest BCUT2D eigenvalue weighted by Crippen LogP contribution is -2.41. The van der Waals surface area contributed by atoms with Crippen molar-refractivity contribution in [3.63, 3.8) is 0 Å². The van der Waals surface area contributed by atoms with Gasteiger partial charge in [0.25, 0.3) is 0 Å². The minimum absolute atomic E-state index is 0.0391. The molecule has 27 heavy (non-hydrogen) atoms. The van der Waals surface area contributed by atoms with Crippen LogP contribution in [0.2, 0.25) is 0 Å². The Bertz CT molecular complexity index is 600. The van der Waals surface area contributed by atoms with Gasteiger partial charge in [-0.3, -0.25) is 0 Å². The van der Waals surface area contributed by atoms with Crippen molar-refractivity contribution in [3.8, 4) is 0 Å². The zero-order chi connectivity index (χ0) is 19.7. The van der Waals surface area contributed by atoms with E-state index in [2.05, 4.69) is 70.7 Å². The molecule has 1 fully saturated rings. The maximum Gasteiger partial charge on any atom is 0.0835 e. The molecular formula is C26H40O. The average molecular weight is 369 g/mol. The Hall–Kier alpha value is -1.34. The van der Waals surface area contributed by atoms with Crippen LogP contribution in [0.1, 0.15) is 97.1 Å². The Morgan fingerprint density at radius 3 is 2.56 bits per heavy atom. The molecule has 1 aliphatic heterocycles. The normalized spacial score (nSPS) is 26.1. The quantitative estimate of drug-likeness (QED) is 0.378. The van der Waals surface area contributed by atoms with Crippen molar-refractivity contribution >= 4 is 0 Å². The number of hydrogen-bond acceptors (Lipinski definition) is 1. The second kappa shape index (κ2) is 10.9. The first-order valence-corrected chi connectivity index (χ1v) is 11.1. The molecule has 150 valence electrons. The van der Waals surface area contributed by atoms with Crippen LogP contribution in [0.5, 0.6) is 0 Å². The van der Waals surface area contributed by atoms with Crippen molar-refractivity contribution in [2.45, 2.75) is 97.2 Å². The highest BCUT2D eigenvalue weighted by molar-refractivity contribution is 5.25. The van der Waals surface area contributed by atoms with Gasteiger partial charge < -0.3 is 4.74 Å². The predicted molar refractivity (Wildman–Crippen MR) is 118 cm³/mol. The van der Waals surface area contributed by atoms with Crippen LogP contribution in [-0.4, -0.2) is 5.60 Å². The van der Waals surface area contributed by atoms with Crippen LogP contribution < -0.4 is 0 Å². The summed E-state index contributed by atoms with van der Waals surface area (Å²) in [6.07, 6.45) is 13.2. The van der Waals surface area contributed by atoms with E-state index >= 15 is 0 Å². The van der Waals surface area contributed by atoms with Crippen molar-refractivity contribution < 1.29 is 4.74 Å². The van der Waals surface area contributed by atoms with Crippen LogP contribution in [0.25, 0.3) is 0 Å². The molecule has 0 spiro atoms. The predicted octanol–water partition coefficient (Wildman–Crippen LogP) is 8.19. The molecule has 1 nitrogen and oxygen atoms in total. The van der Waals surface area contributed by atoms with E-state index in [0.717, 1.165) is 18.8 Å². The van der Waals surface area contributed by atoms with E-state index < -0.39 is 0 Å². The van der Waals surface area contributed by atoms with Crippen molar-refractivity contribution in [1.29, 1.82) is 0 Å². The summed E-state index contributed by atoms with van der Waals surface area (Å²) in [5.41, 5.74) is 4.00. The molecule has 0 radical (unpaired) electrons. The summed E-state index contributed by atoms with van der Waals surface area (Å²) in [5.74, 6) is 0.779. The number of hydrogen-bond donors (Lipinski definition) is 0. The van der Waals surface area contributed by atoms with Gasteiger partial charge in [0.1, 0.15) is 0 Å². The van der Waals surface area contributed by atoms with Gasteiger partial charge in [0.05, 0.1) is 11.7 Å². The second-order valence-electron chi connectivity index (χ2n) is 8.47. The third-order valence-corrected chi connectivity index (χ3v) is 6.28. The molecule has 2 rings (SSSR count). The van der Waals surface area contributed by atoms with Crippen LogP contribution in [0, 0.1) is 5.92 Å². The maximum atomic E-state index is 6.90. The lowest BCUT2D eigenvalue weighted by molar-refractivity contribution is -0.158. The molecule has 1 heteroatoms. The Balaban J connectivity index is 2.13. The second-order valence-corrected chi connectivity index (χ2v) is 8.47. The van der Waals surface area contributed by atoms with Crippen molar-refractivity contribution in [2.24, 2.45) is 5.92 Å². The topological polar surface area (TPSA) is 9.23 Å². The van der Waals surface area contributed by atoms with Gasteiger partial charge in [-0.15, -0.1) is 0 Å². The first-order valence-electron chi connectivity index (χ1n) is 11.1. The van der Waals surface area contributed by atoms with Gasteiger partial charge in [0.15, 0.2) is 0 Å². The lowest BCUT2D eigenvalue weighted by atomic mass is 9.75. The van der Waals surface area contributed by atoms with Crippen LogP contribution in [0.15, 0.2) is 54.1 Å². The Morgan fingerprint density at radius 2 is 1.93 bits per heavy atom. The van der Waals surface area contributed by atoms with Crippen LogP contribution in [-0.2, 0) is 4.74 Å². The summed E-state index contributed by atoms with van der Waals surface area (Å²) < 4.78 is 6.90. The molecule has 0 N–H and O–H groups in total. The summed E-state index contributed by atoms with van der Waals surface area (Å²) in [6.45, 7) is 13.2. The summed E-state index contributed by atoms with van der Waals surface area (Å²) in [5, 5.41) is 0. The minimum atomic E-state index is 0.0391. The number of benzene rings is 1. The van der Waals surface area contributed by atoms with E-state index in [-0.39, 0.29) is 11.7 Å². The maximum absolute atomic E-state index is 6.90. The molecule has 0 aromatic heterocycles. The van der Waals surface area contributed by atoms with E-state index in [1.165, 1.54) is 61.7 Å². The lowest BCUT2D eigenvalue weighted by Gasteiger charge is -2.45. The molecule has 1 aromatic rings. The first-order chi connectivity index (χ1) is 13.0. The molecule has 1 saturated heterocycles. The molecule has 1 aromatic carbocycles. The van der Waals surface area contributed by atoms with Gasteiger partial charge >= 0.3 is 0 Å².